The predicted molar refractivity (Wildman–Crippen MR) is 81.2 cm³/mol. The van der Waals surface area contributed by atoms with Gasteiger partial charge in [-0.2, -0.15) is 0 Å². The van der Waals surface area contributed by atoms with Crippen LogP contribution in [0.25, 0.3) is 0 Å². The summed E-state index contributed by atoms with van der Waals surface area (Å²) in [6.07, 6.45) is 1.01. The summed E-state index contributed by atoms with van der Waals surface area (Å²) in [6, 6.07) is 2.30. The fourth-order valence-electron chi connectivity index (χ4n) is 1.53. The van der Waals surface area contributed by atoms with Crippen molar-refractivity contribution in [2.24, 2.45) is 4.99 Å². The molecule has 0 radical (unpaired) electrons. The van der Waals surface area contributed by atoms with Crippen molar-refractivity contribution in [3.63, 3.8) is 0 Å². The lowest BCUT2D eigenvalue weighted by Crippen LogP contribution is -2.40. The van der Waals surface area contributed by atoms with Crippen molar-refractivity contribution in [2.45, 2.75) is 13.0 Å². The van der Waals surface area contributed by atoms with E-state index in [1.807, 2.05) is 0 Å². The van der Waals surface area contributed by atoms with Gasteiger partial charge in [0, 0.05) is 24.1 Å². The second-order valence-corrected chi connectivity index (χ2v) is 4.58. The summed E-state index contributed by atoms with van der Waals surface area (Å²) in [4.78, 5) is 4.23. The van der Waals surface area contributed by atoms with Crippen molar-refractivity contribution < 1.29 is 8.78 Å². The van der Waals surface area contributed by atoms with E-state index in [0.29, 0.717) is 22.5 Å². The number of rotatable bonds is 2. The van der Waals surface area contributed by atoms with E-state index in [9.17, 15) is 8.78 Å². The Hall–Kier alpha value is -0.440. The Balaban J connectivity index is 0.00000162. The highest BCUT2D eigenvalue weighted by Crippen LogP contribution is 2.20. The lowest BCUT2D eigenvalue weighted by atomic mass is 10.2. The van der Waals surface area contributed by atoms with Crippen LogP contribution in [-0.4, -0.2) is 19.0 Å². The third kappa shape index (κ3) is 4.04. The Bertz CT molecular complexity index is 454. The van der Waals surface area contributed by atoms with Crippen LogP contribution < -0.4 is 10.6 Å². The Morgan fingerprint density at radius 2 is 2.06 bits per heavy atom. The van der Waals surface area contributed by atoms with Crippen LogP contribution in [0.3, 0.4) is 0 Å². The summed E-state index contributed by atoms with van der Waals surface area (Å²) in [7, 11) is 0. The summed E-state index contributed by atoms with van der Waals surface area (Å²) in [6.45, 7) is 2.06. The van der Waals surface area contributed by atoms with E-state index in [2.05, 4.69) is 31.6 Å². The van der Waals surface area contributed by atoms with Crippen molar-refractivity contribution in [1.29, 1.82) is 0 Å². The van der Waals surface area contributed by atoms with Crippen LogP contribution in [0.1, 0.15) is 12.0 Å². The Labute approximate surface area is 130 Å². The van der Waals surface area contributed by atoms with Gasteiger partial charge in [0.15, 0.2) is 17.6 Å². The minimum atomic E-state index is -0.853. The molecule has 0 fully saturated rings. The number of nitrogens with one attached hydrogen (secondary N) is 2. The zero-order valence-electron chi connectivity index (χ0n) is 9.47. The van der Waals surface area contributed by atoms with Gasteiger partial charge in [-0.3, -0.25) is 4.99 Å². The minimum absolute atomic E-state index is 0. The summed E-state index contributed by atoms with van der Waals surface area (Å²) in [5.41, 5.74) is 0.652. The maximum atomic E-state index is 13.1. The van der Waals surface area contributed by atoms with E-state index >= 15 is 0 Å². The van der Waals surface area contributed by atoms with Gasteiger partial charge in [-0.1, -0.05) is 15.9 Å². The first-order valence-electron chi connectivity index (χ1n) is 5.32. The van der Waals surface area contributed by atoms with Crippen molar-refractivity contribution >= 4 is 45.9 Å². The first-order valence-corrected chi connectivity index (χ1v) is 6.12. The van der Waals surface area contributed by atoms with Crippen molar-refractivity contribution in [1.82, 2.24) is 10.6 Å². The van der Waals surface area contributed by atoms with Crippen LogP contribution in [0, 0.1) is 11.6 Å². The van der Waals surface area contributed by atoms with Crippen molar-refractivity contribution in [2.75, 3.05) is 13.1 Å². The van der Waals surface area contributed by atoms with Gasteiger partial charge in [0.1, 0.15) is 0 Å². The van der Waals surface area contributed by atoms with Crippen LogP contribution in [0.2, 0.25) is 0 Å². The molecule has 0 unspecified atom stereocenters. The van der Waals surface area contributed by atoms with Crippen molar-refractivity contribution in [3.8, 4) is 0 Å². The fourth-order valence-corrected chi connectivity index (χ4v) is 1.98. The van der Waals surface area contributed by atoms with E-state index in [0.717, 1.165) is 25.6 Å². The minimum Gasteiger partial charge on any atom is -0.356 e. The van der Waals surface area contributed by atoms with Crippen LogP contribution in [0.15, 0.2) is 21.6 Å². The van der Waals surface area contributed by atoms with E-state index in [4.69, 9.17) is 0 Å². The fraction of sp³-hybridized carbons (Fsp3) is 0.364. The smallest absolute Gasteiger partial charge is 0.191 e. The van der Waals surface area contributed by atoms with Gasteiger partial charge in [0.25, 0.3) is 0 Å². The molecule has 100 valence electrons. The molecular formula is C11H13BrF2IN3. The highest BCUT2D eigenvalue weighted by Gasteiger charge is 2.09. The summed E-state index contributed by atoms with van der Waals surface area (Å²) < 4.78 is 26.5. The summed E-state index contributed by atoms with van der Waals surface area (Å²) in [5, 5.41) is 6.14. The molecule has 3 nitrogen and oxygen atoms in total. The Kier molecular flexibility index (Phi) is 6.27. The maximum absolute atomic E-state index is 13.1. The highest BCUT2D eigenvalue weighted by atomic mass is 127. The van der Waals surface area contributed by atoms with E-state index in [-0.39, 0.29) is 24.0 Å². The second-order valence-electron chi connectivity index (χ2n) is 3.72. The van der Waals surface area contributed by atoms with Crippen LogP contribution in [-0.2, 0) is 6.54 Å². The zero-order valence-corrected chi connectivity index (χ0v) is 13.4. The number of nitrogens with zero attached hydrogens (tertiary/aromatic N) is 1. The summed E-state index contributed by atoms with van der Waals surface area (Å²) >= 11 is 3.20. The van der Waals surface area contributed by atoms with Crippen LogP contribution in [0.4, 0.5) is 8.78 Å². The zero-order chi connectivity index (χ0) is 12.3. The summed E-state index contributed by atoms with van der Waals surface area (Å²) in [5.74, 6) is -0.995. The molecule has 0 saturated carbocycles. The van der Waals surface area contributed by atoms with Gasteiger partial charge in [-0.25, -0.2) is 8.78 Å². The third-order valence-electron chi connectivity index (χ3n) is 2.43. The topological polar surface area (TPSA) is 36.4 Å². The number of benzene rings is 1. The molecule has 2 N–H and O–H groups in total. The maximum Gasteiger partial charge on any atom is 0.191 e. The lowest BCUT2D eigenvalue weighted by Gasteiger charge is -2.16. The number of hydrogen-bond acceptors (Lipinski definition) is 3. The van der Waals surface area contributed by atoms with E-state index in [1.54, 1.807) is 0 Å². The SMILES string of the molecule is Fc1cc(Br)c(CNC2=NCCCN2)cc1F.I. The second kappa shape index (κ2) is 7.22. The molecule has 1 aliphatic rings. The molecule has 0 spiro atoms. The largest absolute Gasteiger partial charge is 0.356 e. The average molecular weight is 432 g/mol. The normalized spacial score (nSPS) is 14.3. The van der Waals surface area contributed by atoms with Gasteiger partial charge in [-0.05, 0) is 24.1 Å². The van der Waals surface area contributed by atoms with Gasteiger partial charge in [0.2, 0.25) is 0 Å². The predicted octanol–water partition coefficient (Wildman–Crippen LogP) is 2.78. The van der Waals surface area contributed by atoms with E-state index < -0.39 is 11.6 Å². The first kappa shape index (κ1) is 15.6. The number of aliphatic imine (C=N–C) groups is 1. The monoisotopic (exact) mass is 431 g/mol. The quantitative estimate of drug-likeness (QED) is 0.558. The molecular weight excluding hydrogens is 419 g/mol. The molecule has 0 atom stereocenters. The molecule has 1 aromatic rings. The highest BCUT2D eigenvalue weighted by molar-refractivity contribution is 14.0. The molecule has 0 amide bonds. The molecule has 1 aliphatic heterocycles. The molecule has 0 bridgehead atoms. The van der Waals surface area contributed by atoms with Gasteiger partial charge < -0.3 is 10.6 Å². The Morgan fingerprint density at radius 3 is 2.72 bits per heavy atom. The van der Waals surface area contributed by atoms with Gasteiger partial charge in [-0.15, -0.1) is 24.0 Å². The lowest BCUT2D eigenvalue weighted by molar-refractivity contribution is 0.506. The molecule has 0 aliphatic carbocycles. The molecule has 18 heavy (non-hydrogen) atoms. The standard InChI is InChI=1S/C11H12BrF2N3.HI/c12-8-5-10(14)9(13)4-7(8)6-17-11-15-2-1-3-16-11;/h4-5H,1-3,6H2,(H2,15,16,17);1H. The van der Waals surface area contributed by atoms with Crippen molar-refractivity contribution in [3.05, 3.63) is 33.8 Å². The number of guanidine groups is 1. The number of halogens is 4. The molecule has 7 heteroatoms. The first-order chi connectivity index (χ1) is 8.16. The molecule has 0 aromatic heterocycles. The van der Waals surface area contributed by atoms with Crippen LogP contribution in [0.5, 0.6) is 0 Å². The van der Waals surface area contributed by atoms with Gasteiger partial charge >= 0.3 is 0 Å². The average Bonchev–Trinajstić information content (AvgIpc) is 2.33. The Morgan fingerprint density at radius 1 is 1.33 bits per heavy atom. The molecule has 1 heterocycles. The molecule has 2 rings (SSSR count). The third-order valence-corrected chi connectivity index (χ3v) is 3.17. The molecule has 0 saturated heterocycles. The van der Waals surface area contributed by atoms with Gasteiger partial charge in [0.05, 0.1) is 0 Å². The van der Waals surface area contributed by atoms with Crippen LogP contribution >= 0.6 is 39.9 Å². The number of hydrogen-bond donors (Lipinski definition) is 2. The van der Waals surface area contributed by atoms with E-state index in [1.165, 1.54) is 6.07 Å². The molecule has 1 aromatic carbocycles.